The van der Waals surface area contributed by atoms with Crippen LogP contribution < -0.4 is 10.2 Å². The van der Waals surface area contributed by atoms with Crippen LogP contribution in [0.5, 0.6) is 0 Å². The summed E-state index contributed by atoms with van der Waals surface area (Å²) < 4.78 is 0. The summed E-state index contributed by atoms with van der Waals surface area (Å²) in [5.41, 5.74) is 0.945. The van der Waals surface area contributed by atoms with Crippen LogP contribution >= 0.6 is 0 Å². The Bertz CT molecular complexity index is 698. The fraction of sp³-hybridized carbons (Fsp3) is 0.450. The van der Waals surface area contributed by atoms with E-state index >= 15 is 0 Å². The zero-order valence-corrected chi connectivity index (χ0v) is 15.5. The zero-order valence-electron chi connectivity index (χ0n) is 15.5. The van der Waals surface area contributed by atoms with Gasteiger partial charge in [-0.25, -0.2) is 0 Å². The lowest BCUT2D eigenvalue weighted by Crippen LogP contribution is -2.54. The summed E-state index contributed by atoms with van der Waals surface area (Å²) in [6, 6.07) is 9.65. The molecule has 144 valence electrons. The molecule has 1 aromatic rings. The lowest BCUT2D eigenvalue weighted by molar-refractivity contribution is -0.133. The summed E-state index contributed by atoms with van der Waals surface area (Å²) in [5.74, 6) is -0.0916. The number of para-hydroxylation sites is 1. The van der Waals surface area contributed by atoms with Crippen molar-refractivity contribution in [1.29, 1.82) is 0 Å². The topological polar surface area (TPSA) is 73.0 Å². The van der Waals surface area contributed by atoms with Gasteiger partial charge in [0.15, 0.2) is 0 Å². The molecule has 27 heavy (non-hydrogen) atoms. The first kappa shape index (κ1) is 19.1. The number of nitrogens with zero attached hydrogens (tertiary/aromatic N) is 3. The van der Waals surface area contributed by atoms with Crippen molar-refractivity contribution in [1.82, 2.24) is 15.1 Å². The van der Waals surface area contributed by atoms with Crippen molar-refractivity contribution in [2.75, 3.05) is 44.2 Å². The Kier molecular flexibility index (Phi) is 6.24. The molecule has 3 amide bonds. The van der Waals surface area contributed by atoms with Crippen LogP contribution in [0.2, 0.25) is 0 Å². The fourth-order valence-electron chi connectivity index (χ4n) is 3.67. The number of piperazine rings is 1. The molecule has 0 aromatic heterocycles. The van der Waals surface area contributed by atoms with Crippen LogP contribution in [0.25, 0.3) is 0 Å². The van der Waals surface area contributed by atoms with E-state index in [2.05, 4.69) is 16.8 Å². The van der Waals surface area contributed by atoms with Gasteiger partial charge in [0.25, 0.3) is 0 Å². The number of hydrogen-bond donors (Lipinski definition) is 1. The summed E-state index contributed by atoms with van der Waals surface area (Å²) in [7, 11) is 0. The molecule has 2 saturated heterocycles. The summed E-state index contributed by atoms with van der Waals surface area (Å²) in [6.45, 7) is 7.05. The van der Waals surface area contributed by atoms with Gasteiger partial charge in [0.05, 0.1) is 6.04 Å². The number of anilines is 1. The number of hydrogen-bond acceptors (Lipinski definition) is 4. The highest BCUT2D eigenvalue weighted by atomic mass is 16.2. The van der Waals surface area contributed by atoms with E-state index in [0.717, 1.165) is 18.7 Å². The minimum absolute atomic E-state index is 0.0303. The Balaban J connectivity index is 1.47. The van der Waals surface area contributed by atoms with Gasteiger partial charge >= 0.3 is 0 Å². The molecule has 0 radical (unpaired) electrons. The average Bonchev–Trinajstić information content (AvgIpc) is 3.09. The van der Waals surface area contributed by atoms with Gasteiger partial charge in [-0.1, -0.05) is 24.8 Å². The SMILES string of the molecule is C=CC(=O)NCCC(=O)N1CCN(C2CCN(c3ccccc3)C2=O)CC1. The number of benzene rings is 1. The van der Waals surface area contributed by atoms with E-state index in [1.54, 1.807) is 0 Å². The van der Waals surface area contributed by atoms with Crippen molar-refractivity contribution >= 4 is 23.4 Å². The molecule has 7 nitrogen and oxygen atoms in total. The van der Waals surface area contributed by atoms with Gasteiger partial charge in [0, 0.05) is 51.4 Å². The summed E-state index contributed by atoms with van der Waals surface area (Å²) in [4.78, 5) is 42.0. The minimum Gasteiger partial charge on any atom is -0.352 e. The van der Waals surface area contributed by atoms with E-state index in [-0.39, 0.29) is 30.2 Å². The van der Waals surface area contributed by atoms with Crippen molar-refractivity contribution < 1.29 is 14.4 Å². The smallest absolute Gasteiger partial charge is 0.244 e. The lowest BCUT2D eigenvalue weighted by Gasteiger charge is -2.37. The predicted molar refractivity (Wildman–Crippen MR) is 103 cm³/mol. The molecular formula is C20H26N4O3. The van der Waals surface area contributed by atoms with Crippen LogP contribution in [0.4, 0.5) is 5.69 Å². The first-order valence-corrected chi connectivity index (χ1v) is 9.38. The molecule has 0 saturated carbocycles. The highest BCUT2D eigenvalue weighted by Gasteiger charge is 2.38. The van der Waals surface area contributed by atoms with E-state index in [1.165, 1.54) is 6.08 Å². The first-order chi connectivity index (χ1) is 13.1. The number of carbonyl (C=O) groups is 3. The minimum atomic E-state index is -0.268. The second kappa shape index (κ2) is 8.81. The van der Waals surface area contributed by atoms with Crippen molar-refractivity contribution in [3.05, 3.63) is 43.0 Å². The summed E-state index contributed by atoms with van der Waals surface area (Å²) in [5, 5.41) is 2.62. The average molecular weight is 370 g/mol. The second-order valence-corrected chi connectivity index (χ2v) is 6.79. The molecule has 1 N–H and O–H groups in total. The number of carbonyl (C=O) groups excluding carboxylic acids is 3. The Morgan fingerprint density at radius 2 is 1.81 bits per heavy atom. The molecule has 2 aliphatic rings. The molecule has 1 aromatic carbocycles. The van der Waals surface area contributed by atoms with Crippen LogP contribution in [0.15, 0.2) is 43.0 Å². The van der Waals surface area contributed by atoms with Gasteiger partial charge in [0.2, 0.25) is 17.7 Å². The maximum absolute atomic E-state index is 12.8. The predicted octanol–water partition coefficient (Wildman–Crippen LogP) is 0.628. The third kappa shape index (κ3) is 4.54. The van der Waals surface area contributed by atoms with Crippen LogP contribution in [0, 0.1) is 0 Å². The van der Waals surface area contributed by atoms with E-state index in [1.807, 2.05) is 40.1 Å². The molecular weight excluding hydrogens is 344 g/mol. The van der Waals surface area contributed by atoms with Gasteiger partial charge in [-0.05, 0) is 24.6 Å². The molecule has 7 heteroatoms. The van der Waals surface area contributed by atoms with Gasteiger partial charge in [0.1, 0.15) is 0 Å². The van der Waals surface area contributed by atoms with Gasteiger partial charge in [-0.2, -0.15) is 0 Å². The lowest BCUT2D eigenvalue weighted by atomic mass is 10.1. The maximum Gasteiger partial charge on any atom is 0.244 e. The van der Waals surface area contributed by atoms with Gasteiger partial charge < -0.3 is 15.1 Å². The van der Waals surface area contributed by atoms with Crippen LogP contribution in [-0.4, -0.2) is 72.8 Å². The van der Waals surface area contributed by atoms with Crippen LogP contribution in [0.3, 0.4) is 0 Å². The van der Waals surface area contributed by atoms with E-state index in [4.69, 9.17) is 0 Å². The Morgan fingerprint density at radius 3 is 2.48 bits per heavy atom. The molecule has 3 rings (SSSR count). The van der Waals surface area contributed by atoms with Gasteiger partial charge in [-0.15, -0.1) is 0 Å². The molecule has 1 unspecified atom stereocenters. The Labute approximate surface area is 159 Å². The maximum atomic E-state index is 12.8. The molecule has 1 atom stereocenters. The second-order valence-electron chi connectivity index (χ2n) is 6.79. The van der Waals surface area contributed by atoms with Crippen LogP contribution in [0.1, 0.15) is 12.8 Å². The van der Waals surface area contributed by atoms with Crippen molar-refractivity contribution in [3.63, 3.8) is 0 Å². The number of nitrogens with one attached hydrogen (secondary N) is 1. The molecule has 0 spiro atoms. The summed E-state index contributed by atoms with van der Waals surface area (Å²) in [6.07, 6.45) is 2.29. The van der Waals surface area contributed by atoms with Crippen LogP contribution in [-0.2, 0) is 14.4 Å². The Hall–Kier alpha value is -2.67. The third-order valence-electron chi connectivity index (χ3n) is 5.18. The van der Waals surface area contributed by atoms with E-state index in [0.29, 0.717) is 32.7 Å². The quantitative estimate of drug-likeness (QED) is 0.746. The zero-order chi connectivity index (χ0) is 19.2. The van der Waals surface area contributed by atoms with Gasteiger partial charge in [-0.3, -0.25) is 19.3 Å². The van der Waals surface area contributed by atoms with Crippen molar-refractivity contribution in [2.24, 2.45) is 0 Å². The first-order valence-electron chi connectivity index (χ1n) is 9.38. The monoisotopic (exact) mass is 370 g/mol. The molecule has 2 aliphatic heterocycles. The molecule has 2 fully saturated rings. The van der Waals surface area contributed by atoms with Crippen molar-refractivity contribution in [2.45, 2.75) is 18.9 Å². The number of rotatable bonds is 6. The molecule has 2 heterocycles. The third-order valence-corrected chi connectivity index (χ3v) is 5.18. The van der Waals surface area contributed by atoms with Crippen molar-refractivity contribution in [3.8, 4) is 0 Å². The highest BCUT2D eigenvalue weighted by molar-refractivity contribution is 5.99. The largest absolute Gasteiger partial charge is 0.352 e. The summed E-state index contributed by atoms with van der Waals surface area (Å²) >= 11 is 0. The molecule has 0 aliphatic carbocycles. The molecule has 0 bridgehead atoms. The number of amides is 3. The Morgan fingerprint density at radius 1 is 1.11 bits per heavy atom. The van der Waals surface area contributed by atoms with E-state index in [9.17, 15) is 14.4 Å². The van der Waals surface area contributed by atoms with E-state index < -0.39 is 0 Å². The fourth-order valence-corrected chi connectivity index (χ4v) is 3.67. The standard InChI is InChI=1S/C20H26N4O3/c1-2-18(25)21-10-8-19(26)23-14-12-22(13-15-23)17-9-11-24(20(17)27)16-6-4-3-5-7-16/h2-7,17H,1,8-15H2,(H,21,25). The normalized spacial score (nSPS) is 20.6. The highest BCUT2D eigenvalue weighted by Crippen LogP contribution is 2.24.